The first-order valence-electron chi connectivity index (χ1n) is 5.41. The zero-order valence-corrected chi connectivity index (χ0v) is 12.3. The monoisotopic (exact) mass is 303 g/mol. The fraction of sp³-hybridized carbons (Fsp3) is 0.231. The van der Waals surface area contributed by atoms with E-state index in [4.69, 9.17) is 23.2 Å². The lowest BCUT2D eigenvalue weighted by Gasteiger charge is -2.16. The van der Waals surface area contributed by atoms with Crippen LogP contribution < -0.4 is 5.32 Å². The predicted molar refractivity (Wildman–Crippen MR) is 76.4 cm³/mol. The normalized spacial score (nSPS) is 12.7. The second-order valence-electron chi connectivity index (χ2n) is 3.99. The summed E-state index contributed by atoms with van der Waals surface area (Å²) in [4.78, 5) is 1.06. The molecule has 1 atom stereocenters. The van der Waals surface area contributed by atoms with E-state index in [-0.39, 0.29) is 11.9 Å². The molecule has 0 radical (unpaired) electrons. The lowest BCUT2D eigenvalue weighted by atomic mass is 10.0. The van der Waals surface area contributed by atoms with Crippen LogP contribution in [0.1, 0.15) is 22.0 Å². The van der Waals surface area contributed by atoms with Crippen molar-refractivity contribution in [3.05, 3.63) is 55.4 Å². The highest BCUT2D eigenvalue weighted by Crippen LogP contribution is 2.36. The van der Waals surface area contributed by atoms with Gasteiger partial charge >= 0.3 is 0 Å². The van der Waals surface area contributed by atoms with Gasteiger partial charge in [0.25, 0.3) is 0 Å². The molecule has 1 heterocycles. The number of nitrogens with one attached hydrogen (secondary N) is 1. The van der Waals surface area contributed by atoms with E-state index in [0.717, 1.165) is 20.3 Å². The molecule has 96 valence electrons. The molecule has 0 fully saturated rings. The van der Waals surface area contributed by atoms with Crippen LogP contribution in [-0.4, -0.2) is 7.05 Å². The first-order valence-corrected chi connectivity index (χ1v) is 6.98. The highest BCUT2D eigenvalue weighted by molar-refractivity contribution is 7.16. The zero-order valence-electron chi connectivity index (χ0n) is 9.93. The fourth-order valence-corrected chi connectivity index (χ4v) is 3.44. The largest absolute Gasteiger partial charge is 0.309 e. The van der Waals surface area contributed by atoms with Gasteiger partial charge in [-0.05, 0) is 43.3 Å². The molecule has 0 spiro atoms. The summed E-state index contributed by atoms with van der Waals surface area (Å²) in [5, 5.41) is 3.59. The van der Waals surface area contributed by atoms with Crippen LogP contribution in [0.5, 0.6) is 0 Å². The van der Waals surface area contributed by atoms with Crippen LogP contribution in [0.25, 0.3) is 0 Å². The van der Waals surface area contributed by atoms with Gasteiger partial charge in [-0.3, -0.25) is 0 Å². The molecule has 5 heteroatoms. The Morgan fingerprint density at radius 1 is 1.28 bits per heavy atom. The van der Waals surface area contributed by atoms with Gasteiger partial charge in [0.2, 0.25) is 0 Å². The smallest absolute Gasteiger partial charge is 0.124 e. The van der Waals surface area contributed by atoms with Crippen LogP contribution in [0.15, 0.2) is 24.3 Å². The van der Waals surface area contributed by atoms with Crippen molar-refractivity contribution < 1.29 is 4.39 Å². The average molecular weight is 304 g/mol. The molecular formula is C13H12Cl2FNS. The summed E-state index contributed by atoms with van der Waals surface area (Å²) < 4.78 is 13.8. The molecule has 1 N–H and O–H groups in total. The van der Waals surface area contributed by atoms with Crippen molar-refractivity contribution in [2.75, 3.05) is 7.05 Å². The summed E-state index contributed by atoms with van der Waals surface area (Å²) in [6.45, 7) is 1.96. The summed E-state index contributed by atoms with van der Waals surface area (Å²) in [6, 6.07) is 6.38. The Labute approximate surface area is 120 Å². The van der Waals surface area contributed by atoms with E-state index in [1.54, 1.807) is 6.07 Å². The molecule has 2 aromatic rings. The topological polar surface area (TPSA) is 12.0 Å². The van der Waals surface area contributed by atoms with Crippen LogP contribution in [-0.2, 0) is 0 Å². The Balaban J connectivity index is 2.45. The van der Waals surface area contributed by atoms with Crippen molar-refractivity contribution in [2.45, 2.75) is 13.0 Å². The van der Waals surface area contributed by atoms with Crippen molar-refractivity contribution in [1.29, 1.82) is 0 Å². The summed E-state index contributed by atoms with van der Waals surface area (Å²) in [5.41, 5.74) is 1.88. The van der Waals surface area contributed by atoms with Gasteiger partial charge in [0, 0.05) is 9.90 Å². The van der Waals surface area contributed by atoms with E-state index in [1.807, 2.05) is 20.0 Å². The van der Waals surface area contributed by atoms with Gasteiger partial charge in [0.05, 0.1) is 10.4 Å². The molecule has 0 aliphatic carbocycles. The maximum absolute atomic E-state index is 13.1. The first kappa shape index (κ1) is 13.8. The molecule has 0 amide bonds. The van der Waals surface area contributed by atoms with Crippen molar-refractivity contribution in [3.63, 3.8) is 0 Å². The second-order valence-corrected chi connectivity index (χ2v) is 6.09. The van der Waals surface area contributed by atoms with E-state index < -0.39 is 0 Å². The van der Waals surface area contributed by atoms with E-state index in [1.165, 1.54) is 23.5 Å². The van der Waals surface area contributed by atoms with Crippen LogP contribution in [0, 0.1) is 12.7 Å². The van der Waals surface area contributed by atoms with Crippen molar-refractivity contribution in [2.24, 2.45) is 0 Å². The van der Waals surface area contributed by atoms with E-state index in [0.29, 0.717) is 5.02 Å². The molecule has 0 aliphatic rings. The van der Waals surface area contributed by atoms with Crippen molar-refractivity contribution in [1.82, 2.24) is 5.32 Å². The molecule has 0 aliphatic heterocycles. The molecule has 1 unspecified atom stereocenters. The van der Waals surface area contributed by atoms with Gasteiger partial charge in [0.15, 0.2) is 0 Å². The minimum absolute atomic E-state index is 0.0747. The van der Waals surface area contributed by atoms with E-state index in [2.05, 4.69) is 5.32 Å². The van der Waals surface area contributed by atoms with Crippen LogP contribution in [0.4, 0.5) is 4.39 Å². The van der Waals surface area contributed by atoms with Gasteiger partial charge < -0.3 is 5.32 Å². The summed E-state index contributed by atoms with van der Waals surface area (Å²) >= 11 is 13.7. The minimum atomic E-state index is -0.334. The van der Waals surface area contributed by atoms with E-state index in [9.17, 15) is 4.39 Å². The highest BCUT2D eigenvalue weighted by Gasteiger charge is 2.18. The number of hydrogen-bond acceptors (Lipinski definition) is 2. The fourth-order valence-electron chi connectivity index (χ4n) is 1.81. The molecule has 0 bridgehead atoms. The number of thiophene rings is 1. The maximum atomic E-state index is 13.1. The molecular weight excluding hydrogens is 292 g/mol. The summed E-state index contributed by atoms with van der Waals surface area (Å²) in [7, 11) is 1.84. The number of halogens is 3. The second kappa shape index (κ2) is 5.57. The predicted octanol–water partition coefficient (Wildman–Crippen LogP) is 4.81. The van der Waals surface area contributed by atoms with Gasteiger partial charge in [-0.1, -0.05) is 29.3 Å². The van der Waals surface area contributed by atoms with Crippen LogP contribution >= 0.6 is 34.5 Å². The Kier molecular flexibility index (Phi) is 4.28. The Hall–Kier alpha value is -0.610. The Morgan fingerprint density at radius 3 is 2.50 bits per heavy atom. The number of hydrogen-bond donors (Lipinski definition) is 1. The highest BCUT2D eigenvalue weighted by atomic mass is 35.5. The summed E-state index contributed by atoms with van der Waals surface area (Å²) in [5.74, 6) is -0.334. The van der Waals surface area contributed by atoms with Gasteiger partial charge in [-0.25, -0.2) is 4.39 Å². The number of rotatable bonds is 3. The quantitative estimate of drug-likeness (QED) is 0.858. The molecule has 1 aromatic heterocycles. The average Bonchev–Trinajstić information content (AvgIpc) is 2.63. The number of benzene rings is 1. The maximum Gasteiger partial charge on any atom is 0.124 e. The third kappa shape index (κ3) is 2.69. The van der Waals surface area contributed by atoms with Crippen molar-refractivity contribution >= 4 is 34.5 Å². The Bertz CT molecular complexity index is 549. The first-order chi connectivity index (χ1) is 8.52. The minimum Gasteiger partial charge on any atom is -0.309 e. The molecule has 1 aromatic carbocycles. The molecule has 0 saturated heterocycles. The zero-order chi connectivity index (χ0) is 13.3. The number of aryl methyl sites for hydroxylation is 1. The van der Waals surface area contributed by atoms with Crippen LogP contribution in [0.2, 0.25) is 9.36 Å². The van der Waals surface area contributed by atoms with Gasteiger partial charge in [0.1, 0.15) is 5.82 Å². The Morgan fingerprint density at radius 2 is 2.00 bits per heavy atom. The van der Waals surface area contributed by atoms with E-state index >= 15 is 0 Å². The lowest BCUT2D eigenvalue weighted by Crippen LogP contribution is -2.17. The van der Waals surface area contributed by atoms with Crippen LogP contribution in [0.3, 0.4) is 0 Å². The SMILES string of the molecule is CNC(c1cc(C)c(Cl)s1)c1ccc(F)cc1Cl. The third-order valence-electron chi connectivity index (χ3n) is 2.72. The molecule has 18 heavy (non-hydrogen) atoms. The van der Waals surface area contributed by atoms with Gasteiger partial charge in [-0.15, -0.1) is 11.3 Å². The molecule has 0 saturated carbocycles. The molecule has 1 nitrogen and oxygen atoms in total. The lowest BCUT2D eigenvalue weighted by molar-refractivity contribution is 0.624. The third-order valence-corrected chi connectivity index (χ3v) is 4.67. The summed E-state index contributed by atoms with van der Waals surface area (Å²) in [6.07, 6.45) is 0. The molecule has 2 rings (SSSR count). The standard InChI is InChI=1S/C13H12Cl2FNS/c1-7-5-11(18-13(7)15)12(17-2)9-4-3-8(16)6-10(9)14/h3-6,12,17H,1-2H3. The van der Waals surface area contributed by atoms with Crippen molar-refractivity contribution in [3.8, 4) is 0 Å². The van der Waals surface area contributed by atoms with Gasteiger partial charge in [-0.2, -0.15) is 0 Å².